The summed E-state index contributed by atoms with van der Waals surface area (Å²) in [6.07, 6.45) is 1.48. The van der Waals surface area contributed by atoms with E-state index in [0.29, 0.717) is 64.6 Å². The van der Waals surface area contributed by atoms with Gasteiger partial charge in [0.1, 0.15) is 19.2 Å². The summed E-state index contributed by atoms with van der Waals surface area (Å²) in [5.41, 5.74) is 0.311. The molecule has 0 saturated heterocycles. The van der Waals surface area contributed by atoms with Gasteiger partial charge in [-0.15, -0.1) is 0 Å². The number of amides is 3. The van der Waals surface area contributed by atoms with Crippen LogP contribution in [0.15, 0.2) is 24.3 Å². The quantitative estimate of drug-likeness (QED) is 0.130. The Hall–Kier alpha value is -3.39. The highest BCUT2D eigenvalue weighted by atomic mass is 16.5. The van der Waals surface area contributed by atoms with Gasteiger partial charge in [0, 0.05) is 25.1 Å². The van der Waals surface area contributed by atoms with Crippen molar-refractivity contribution in [3.05, 3.63) is 29.8 Å². The summed E-state index contributed by atoms with van der Waals surface area (Å²) in [6, 6.07) is 6.82. The molecule has 1 rings (SSSR count). The number of anilines is 1. The molecule has 0 spiro atoms. The van der Waals surface area contributed by atoms with E-state index in [4.69, 9.17) is 23.7 Å². The first kappa shape index (κ1) is 34.6. The molecule has 1 aromatic rings. The monoisotopic (exact) mass is 567 g/mol. The molecule has 13 nitrogen and oxygen atoms in total. The highest BCUT2D eigenvalue weighted by molar-refractivity contribution is 5.90. The van der Waals surface area contributed by atoms with Gasteiger partial charge in [-0.25, -0.2) is 4.79 Å². The summed E-state index contributed by atoms with van der Waals surface area (Å²) >= 11 is 0. The van der Waals surface area contributed by atoms with Gasteiger partial charge in [-0.2, -0.15) is 0 Å². The Morgan fingerprint density at radius 1 is 0.775 bits per heavy atom. The van der Waals surface area contributed by atoms with Crippen molar-refractivity contribution in [2.45, 2.75) is 45.3 Å². The van der Waals surface area contributed by atoms with Gasteiger partial charge in [-0.05, 0) is 31.5 Å². The molecule has 0 bridgehead atoms. The lowest BCUT2D eigenvalue weighted by atomic mass is 10.1. The van der Waals surface area contributed by atoms with Gasteiger partial charge >= 0.3 is 6.09 Å². The minimum atomic E-state index is -1.00. The van der Waals surface area contributed by atoms with Crippen LogP contribution in [0.3, 0.4) is 0 Å². The third-order valence-electron chi connectivity index (χ3n) is 4.97. The Kier molecular flexibility index (Phi) is 18.6. The van der Waals surface area contributed by atoms with Crippen molar-refractivity contribution in [3.63, 3.8) is 0 Å². The van der Waals surface area contributed by atoms with Crippen molar-refractivity contribution in [3.8, 4) is 0 Å². The normalized spacial score (nSPS) is 10.9. The molecule has 0 aliphatic heterocycles. The number of carbonyl (C=O) groups excluding carboxylic acids is 5. The van der Waals surface area contributed by atoms with Crippen molar-refractivity contribution in [1.82, 2.24) is 10.6 Å². The molecule has 224 valence electrons. The molecule has 40 heavy (non-hydrogen) atoms. The van der Waals surface area contributed by atoms with Gasteiger partial charge in [-0.1, -0.05) is 12.1 Å². The van der Waals surface area contributed by atoms with Gasteiger partial charge in [0.05, 0.1) is 64.8 Å². The fourth-order valence-electron chi connectivity index (χ4n) is 2.84. The number of aldehydes is 2. The highest BCUT2D eigenvalue weighted by Gasteiger charge is 2.19. The topological polar surface area (TPSA) is 168 Å². The predicted octanol–water partition coefficient (Wildman–Crippen LogP) is 1.38. The summed E-state index contributed by atoms with van der Waals surface area (Å²) < 4.78 is 26.3. The lowest BCUT2D eigenvalue weighted by molar-refractivity contribution is -0.122. The smallest absolute Gasteiger partial charge is 0.408 e. The fraction of sp³-hybridized carbons (Fsp3) is 0.593. The number of hydrogen-bond acceptors (Lipinski definition) is 10. The summed E-state index contributed by atoms with van der Waals surface area (Å²) in [7, 11) is 0. The van der Waals surface area contributed by atoms with Crippen LogP contribution in [0.5, 0.6) is 0 Å². The number of alkyl carbamates (subject to hydrolysis) is 1. The summed E-state index contributed by atoms with van der Waals surface area (Å²) in [6.45, 7) is 6.13. The molecule has 0 atom stereocenters. The maximum atomic E-state index is 12.1. The number of rotatable bonds is 23. The van der Waals surface area contributed by atoms with E-state index in [1.54, 1.807) is 38.1 Å². The van der Waals surface area contributed by atoms with Crippen LogP contribution < -0.4 is 16.0 Å². The van der Waals surface area contributed by atoms with E-state index in [-0.39, 0.29) is 44.5 Å². The molecule has 1 aromatic carbocycles. The van der Waals surface area contributed by atoms with Crippen LogP contribution in [0, 0.1) is 0 Å². The van der Waals surface area contributed by atoms with Crippen molar-refractivity contribution < 1.29 is 47.7 Å². The summed E-state index contributed by atoms with van der Waals surface area (Å²) in [5.74, 6) is -0.351. The standard InChI is InChI=1S/C27H41N3O10/c1-27(2,21-32)30-26(35)40-20-22-4-6-23(7-5-22)29-25(34)9-14-38-18-19-39-15-10-28-24(33)8-13-37-17-16-36-12-3-11-31/h4-7,11,21H,3,8-10,12-20H2,1-2H3,(H,28,33)(H,29,34)(H,30,35). The maximum Gasteiger partial charge on any atom is 0.408 e. The second-order valence-electron chi connectivity index (χ2n) is 9.04. The Morgan fingerprint density at radius 2 is 1.35 bits per heavy atom. The van der Waals surface area contributed by atoms with Crippen LogP contribution in [0.2, 0.25) is 0 Å². The molecule has 3 N–H and O–H groups in total. The van der Waals surface area contributed by atoms with Crippen LogP contribution in [0.4, 0.5) is 10.5 Å². The zero-order valence-electron chi connectivity index (χ0n) is 23.2. The molecular formula is C27H41N3O10. The van der Waals surface area contributed by atoms with E-state index in [1.165, 1.54) is 0 Å². The zero-order chi connectivity index (χ0) is 29.5. The van der Waals surface area contributed by atoms with Gasteiger partial charge in [-0.3, -0.25) is 9.59 Å². The van der Waals surface area contributed by atoms with Crippen LogP contribution in [-0.4, -0.2) is 95.4 Å². The molecular weight excluding hydrogens is 526 g/mol. The van der Waals surface area contributed by atoms with Crippen LogP contribution in [0.25, 0.3) is 0 Å². The van der Waals surface area contributed by atoms with Crippen molar-refractivity contribution in [2.24, 2.45) is 0 Å². The second kappa shape index (κ2) is 21.4. The summed E-state index contributed by atoms with van der Waals surface area (Å²) in [4.78, 5) is 56.5. The van der Waals surface area contributed by atoms with E-state index in [2.05, 4.69) is 16.0 Å². The van der Waals surface area contributed by atoms with Crippen molar-refractivity contribution in [2.75, 3.05) is 64.7 Å². The van der Waals surface area contributed by atoms with Crippen LogP contribution in [0.1, 0.15) is 38.7 Å². The molecule has 0 aliphatic carbocycles. The first-order valence-electron chi connectivity index (χ1n) is 13.1. The Bertz CT molecular complexity index is 893. The average Bonchev–Trinajstić information content (AvgIpc) is 2.93. The van der Waals surface area contributed by atoms with Crippen molar-refractivity contribution >= 4 is 36.2 Å². The van der Waals surface area contributed by atoms with E-state index in [9.17, 15) is 24.0 Å². The predicted molar refractivity (Wildman–Crippen MR) is 145 cm³/mol. The Balaban J connectivity index is 2.00. The van der Waals surface area contributed by atoms with E-state index < -0.39 is 11.6 Å². The molecule has 0 saturated carbocycles. The first-order chi connectivity index (χ1) is 19.3. The zero-order valence-corrected chi connectivity index (χ0v) is 23.2. The molecule has 0 heterocycles. The number of carbonyl (C=O) groups is 5. The molecule has 3 amide bonds. The van der Waals surface area contributed by atoms with Crippen LogP contribution in [-0.2, 0) is 49.5 Å². The number of hydrogen-bond donors (Lipinski definition) is 3. The van der Waals surface area contributed by atoms with E-state index in [0.717, 1.165) is 11.8 Å². The number of ether oxygens (including phenoxy) is 5. The Labute approximate surface area is 234 Å². The largest absolute Gasteiger partial charge is 0.445 e. The third kappa shape index (κ3) is 18.8. The minimum absolute atomic E-state index is 0.0219. The van der Waals surface area contributed by atoms with Gasteiger partial charge < -0.3 is 49.2 Å². The number of benzene rings is 1. The average molecular weight is 568 g/mol. The van der Waals surface area contributed by atoms with Gasteiger partial charge in [0.2, 0.25) is 11.8 Å². The molecule has 0 fully saturated rings. The lowest BCUT2D eigenvalue weighted by Crippen LogP contribution is -2.44. The Morgan fingerprint density at radius 3 is 1.95 bits per heavy atom. The van der Waals surface area contributed by atoms with Crippen LogP contribution >= 0.6 is 0 Å². The lowest BCUT2D eigenvalue weighted by Gasteiger charge is -2.18. The highest BCUT2D eigenvalue weighted by Crippen LogP contribution is 2.11. The molecule has 0 aliphatic rings. The van der Waals surface area contributed by atoms with Crippen molar-refractivity contribution in [1.29, 1.82) is 0 Å². The minimum Gasteiger partial charge on any atom is -0.445 e. The SMILES string of the molecule is CC(C)(C=O)NC(=O)OCc1ccc(NC(=O)CCOCCOCCNC(=O)CCOCCOCCC=O)cc1. The van der Waals surface area contributed by atoms with E-state index in [1.807, 2.05) is 0 Å². The molecule has 13 heteroatoms. The fourth-order valence-corrected chi connectivity index (χ4v) is 2.84. The first-order valence-corrected chi connectivity index (χ1v) is 13.1. The summed E-state index contributed by atoms with van der Waals surface area (Å²) in [5, 5.41) is 7.92. The van der Waals surface area contributed by atoms with Gasteiger partial charge in [0.25, 0.3) is 0 Å². The number of nitrogens with one attached hydrogen (secondary N) is 3. The second-order valence-corrected chi connectivity index (χ2v) is 9.04. The third-order valence-corrected chi connectivity index (χ3v) is 4.97. The molecule has 0 radical (unpaired) electrons. The maximum absolute atomic E-state index is 12.1. The van der Waals surface area contributed by atoms with E-state index >= 15 is 0 Å². The van der Waals surface area contributed by atoms with Gasteiger partial charge in [0.15, 0.2) is 0 Å². The molecule has 0 aromatic heterocycles. The molecule has 0 unspecified atom stereocenters.